The number of hydrogen-bond donors (Lipinski definition) is 1. The predicted octanol–water partition coefficient (Wildman–Crippen LogP) is 5.35. The molecule has 0 bridgehead atoms. The van der Waals surface area contributed by atoms with Crippen LogP contribution in [0.3, 0.4) is 0 Å². The molecule has 2 rings (SSSR count). The fourth-order valence-electron chi connectivity index (χ4n) is 2.09. The minimum atomic E-state index is -0.387. The van der Waals surface area contributed by atoms with Crippen LogP contribution in [0.2, 0.25) is 0 Å². The van der Waals surface area contributed by atoms with Gasteiger partial charge in [0.1, 0.15) is 0 Å². The highest BCUT2D eigenvalue weighted by molar-refractivity contribution is 9.10. The first-order valence-electron chi connectivity index (χ1n) is 6.31. The average molecular weight is 414 g/mol. The van der Waals surface area contributed by atoms with Crippen molar-refractivity contribution < 1.29 is 4.92 Å². The summed E-state index contributed by atoms with van der Waals surface area (Å²) in [6.07, 6.45) is 0. The topological polar surface area (TPSA) is 55.2 Å². The van der Waals surface area contributed by atoms with Gasteiger partial charge in [0.2, 0.25) is 0 Å². The monoisotopic (exact) mass is 412 g/mol. The van der Waals surface area contributed by atoms with E-state index in [1.54, 1.807) is 6.07 Å². The molecular formula is C15H14Br2N2O2. The highest BCUT2D eigenvalue weighted by Gasteiger charge is 2.09. The van der Waals surface area contributed by atoms with Crippen LogP contribution >= 0.6 is 31.9 Å². The molecule has 0 amide bonds. The van der Waals surface area contributed by atoms with Crippen LogP contribution in [0.5, 0.6) is 0 Å². The van der Waals surface area contributed by atoms with Gasteiger partial charge in [-0.3, -0.25) is 10.1 Å². The minimum absolute atomic E-state index is 0.0874. The number of anilines is 1. The van der Waals surface area contributed by atoms with Crippen LogP contribution in [0.1, 0.15) is 16.7 Å². The molecule has 6 heteroatoms. The Morgan fingerprint density at radius 3 is 2.29 bits per heavy atom. The summed E-state index contributed by atoms with van der Waals surface area (Å²) in [6, 6.07) is 9.04. The summed E-state index contributed by atoms with van der Waals surface area (Å²) in [6.45, 7) is 4.60. The quantitative estimate of drug-likeness (QED) is 0.542. The zero-order valence-electron chi connectivity index (χ0n) is 11.6. The third-order valence-electron chi connectivity index (χ3n) is 3.09. The second kappa shape index (κ2) is 6.58. The van der Waals surface area contributed by atoms with Gasteiger partial charge in [0.15, 0.2) is 0 Å². The van der Waals surface area contributed by atoms with Crippen molar-refractivity contribution in [2.75, 3.05) is 5.32 Å². The second-order valence-electron chi connectivity index (χ2n) is 4.85. The molecule has 0 aromatic heterocycles. The number of nitrogens with zero attached hydrogens (tertiary/aromatic N) is 1. The van der Waals surface area contributed by atoms with Crippen molar-refractivity contribution in [3.8, 4) is 0 Å². The van der Waals surface area contributed by atoms with Gasteiger partial charge in [-0.25, -0.2) is 0 Å². The molecule has 0 unspecified atom stereocenters. The van der Waals surface area contributed by atoms with E-state index >= 15 is 0 Å². The van der Waals surface area contributed by atoms with Crippen LogP contribution in [0, 0.1) is 24.0 Å². The third-order valence-corrected chi connectivity index (χ3v) is 4.79. The first-order chi connectivity index (χ1) is 9.86. The lowest BCUT2D eigenvalue weighted by molar-refractivity contribution is -0.385. The Morgan fingerprint density at radius 2 is 1.71 bits per heavy atom. The van der Waals surface area contributed by atoms with Crippen molar-refractivity contribution in [3.05, 3.63) is 66.1 Å². The molecule has 21 heavy (non-hydrogen) atoms. The summed E-state index contributed by atoms with van der Waals surface area (Å²) < 4.78 is 1.81. The van der Waals surface area contributed by atoms with Crippen molar-refractivity contribution in [1.82, 2.24) is 0 Å². The van der Waals surface area contributed by atoms with Crippen LogP contribution in [0.4, 0.5) is 11.4 Å². The summed E-state index contributed by atoms with van der Waals surface area (Å²) in [5.74, 6) is 0. The van der Waals surface area contributed by atoms with Gasteiger partial charge in [-0.15, -0.1) is 0 Å². The molecule has 0 saturated carbocycles. The lowest BCUT2D eigenvalue weighted by atomic mass is 10.1. The first-order valence-corrected chi connectivity index (χ1v) is 7.90. The SMILES string of the molecule is Cc1cc(NCc2cc(Br)cc([N+](=O)[O-])c2)cc(C)c1Br. The minimum Gasteiger partial charge on any atom is -0.381 e. The number of halogens is 2. The number of nitrogens with one attached hydrogen (secondary N) is 1. The van der Waals surface area contributed by atoms with Crippen molar-refractivity contribution in [1.29, 1.82) is 0 Å². The van der Waals surface area contributed by atoms with E-state index in [0.717, 1.165) is 26.9 Å². The molecule has 0 saturated heterocycles. The molecule has 1 N–H and O–H groups in total. The molecule has 0 aliphatic carbocycles. The second-order valence-corrected chi connectivity index (χ2v) is 6.56. The Labute approximate surface area is 140 Å². The molecule has 0 radical (unpaired) electrons. The van der Waals surface area contributed by atoms with Gasteiger partial charge in [0, 0.05) is 33.3 Å². The number of aryl methyl sites for hydroxylation is 2. The van der Waals surface area contributed by atoms with Crippen molar-refractivity contribution in [3.63, 3.8) is 0 Å². The molecule has 0 aliphatic heterocycles. The van der Waals surface area contributed by atoms with Crippen molar-refractivity contribution >= 4 is 43.2 Å². The standard InChI is InChI=1S/C15H14Br2N2O2/c1-9-3-13(4-10(2)15(9)17)18-8-11-5-12(16)7-14(6-11)19(20)21/h3-7,18H,8H2,1-2H3. The van der Waals surface area contributed by atoms with Gasteiger partial charge in [-0.1, -0.05) is 31.9 Å². The molecular weight excluding hydrogens is 400 g/mol. The van der Waals surface area contributed by atoms with Gasteiger partial charge in [-0.2, -0.15) is 0 Å². The van der Waals surface area contributed by atoms with Gasteiger partial charge >= 0.3 is 0 Å². The highest BCUT2D eigenvalue weighted by atomic mass is 79.9. The largest absolute Gasteiger partial charge is 0.381 e. The maximum Gasteiger partial charge on any atom is 0.270 e. The number of benzene rings is 2. The van der Waals surface area contributed by atoms with E-state index in [1.165, 1.54) is 6.07 Å². The van der Waals surface area contributed by atoms with Gasteiger partial charge in [-0.05, 0) is 48.7 Å². The zero-order valence-corrected chi connectivity index (χ0v) is 14.8. The van der Waals surface area contributed by atoms with E-state index in [0.29, 0.717) is 11.0 Å². The van der Waals surface area contributed by atoms with E-state index < -0.39 is 0 Å². The Kier molecular flexibility index (Phi) is 5.00. The Bertz CT molecular complexity index is 679. The maximum atomic E-state index is 10.9. The van der Waals surface area contributed by atoms with E-state index in [2.05, 4.69) is 37.2 Å². The molecule has 0 atom stereocenters. The fraction of sp³-hybridized carbons (Fsp3) is 0.200. The normalized spacial score (nSPS) is 10.5. The maximum absolute atomic E-state index is 10.9. The van der Waals surface area contributed by atoms with Gasteiger partial charge in [0.05, 0.1) is 4.92 Å². The van der Waals surface area contributed by atoms with Crippen molar-refractivity contribution in [2.45, 2.75) is 20.4 Å². The molecule has 0 fully saturated rings. The summed E-state index contributed by atoms with van der Waals surface area (Å²) in [5, 5.41) is 14.2. The Balaban J connectivity index is 2.18. The molecule has 2 aromatic rings. The van der Waals surface area contributed by atoms with Gasteiger partial charge < -0.3 is 5.32 Å². The number of nitro benzene ring substituents is 1. The number of non-ortho nitro benzene ring substituents is 1. The predicted molar refractivity (Wildman–Crippen MR) is 91.7 cm³/mol. The lowest BCUT2D eigenvalue weighted by Crippen LogP contribution is -2.01. The molecule has 4 nitrogen and oxygen atoms in total. The smallest absolute Gasteiger partial charge is 0.270 e. The first kappa shape index (κ1) is 16.0. The van der Waals surface area contributed by atoms with E-state index in [1.807, 2.05) is 32.0 Å². The molecule has 0 heterocycles. The van der Waals surface area contributed by atoms with Crippen LogP contribution in [-0.4, -0.2) is 4.92 Å². The highest BCUT2D eigenvalue weighted by Crippen LogP contribution is 2.26. The van der Waals surface area contributed by atoms with Crippen molar-refractivity contribution in [2.24, 2.45) is 0 Å². The van der Waals surface area contributed by atoms with Crippen LogP contribution in [-0.2, 0) is 6.54 Å². The third kappa shape index (κ3) is 4.04. The summed E-state index contributed by atoms with van der Waals surface area (Å²) in [4.78, 5) is 10.5. The van der Waals surface area contributed by atoms with Crippen LogP contribution in [0.25, 0.3) is 0 Å². The molecule has 0 spiro atoms. The molecule has 0 aliphatic rings. The Morgan fingerprint density at radius 1 is 1.10 bits per heavy atom. The van der Waals surface area contributed by atoms with Gasteiger partial charge in [0.25, 0.3) is 5.69 Å². The van der Waals surface area contributed by atoms with Crippen LogP contribution < -0.4 is 5.32 Å². The van der Waals surface area contributed by atoms with Crippen LogP contribution in [0.15, 0.2) is 39.3 Å². The number of nitro groups is 1. The lowest BCUT2D eigenvalue weighted by Gasteiger charge is -2.11. The Hall–Kier alpha value is -1.40. The summed E-state index contributed by atoms with van der Waals surface area (Å²) in [5.41, 5.74) is 4.24. The average Bonchev–Trinajstić information content (AvgIpc) is 2.41. The number of hydrogen-bond acceptors (Lipinski definition) is 3. The molecule has 110 valence electrons. The van der Waals surface area contributed by atoms with E-state index in [9.17, 15) is 10.1 Å². The summed E-state index contributed by atoms with van der Waals surface area (Å²) >= 11 is 6.84. The summed E-state index contributed by atoms with van der Waals surface area (Å²) in [7, 11) is 0. The molecule has 2 aromatic carbocycles. The number of rotatable bonds is 4. The van der Waals surface area contributed by atoms with E-state index in [4.69, 9.17) is 0 Å². The van der Waals surface area contributed by atoms with E-state index in [-0.39, 0.29) is 10.6 Å². The zero-order chi connectivity index (χ0) is 15.6. The fourth-order valence-corrected chi connectivity index (χ4v) is 2.85.